The molecular weight excluding hydrogens is 232 g/mol. The molecule has 8 heteroatoms. The van der Waals surface area contributed by atoms with Crippen LogP contribution in [-0.4, -0.2) is 35.9 Å². The Kier molecular flexibility index (Phi) is 3.36. The van der Waals surface area contributed by atoms with E-state index in [2.05, 4.69) is 10.2 Å². The molecule has 1 rings (SSSR count). The van der Waals surface area contributed by atoms with Crippen molar-refractivity contribution in [1.82, 2.24) is 14.8 Å². The number of nitrogens with zero attached hydrogens (tertiary/aromatic N) is 3. The lowest BCUT2D eigenvalue weighted by molar-refractivity contribution is 0.0209. The quantitative estimate of drug-likeness (QED) is 0.769. The Hall–Kier alpha value is -0.990. The first-order chi connectivity index (χ1) is 7.17. The molecule has 7 nitrogen and oxygen atoms in total. The molecule has 1 heterocycles. The Morgan fingerprint density at radius 1 is 1.44 bits per heavy atom. The number of ether oxygens (including phenoxy) is 1. The van der Waals surface area contributed by atoms with Crippen molar-refractivity contribution in [1.29, 1.82) is 0 Å². The van der Waals surface area contributed by atoms with Gasteiger partial charge in [-0.1, -0.05) is 0 Å². The Morgan fingerprint density at radius 2 is 2.00 bits per heavy atom. The normalized spacial score (nSPS) is 13.1. The van der Waals surface area contributed by atoms with E-state index in [0.717, 1.165) is 0 Å². The van der Waals surface area contributed by atoms with Crippen molar-refractivity contribution in [3.05, 3.63) is 5.82 Å². The third kappa shape index (κ3) is 2.77. The highest BCUT2D eigenvalue weighted by molar-refractivity contribution is 7.89. The van der Waals surface area contributed by atoms with Gasteiger partial charge in [-0.2, -0.15) is 0 Å². The summed E-state index contributed by atoms with van der Waals surface area (Å²) >= 11 is 0. The van der Waals surface area contributed by atoms with Gasteiger partial charge in [0.2, 0.25) is 0 Å². The van der Waals surface area contributed by atoms with E-state index in [-0.39, 0.29) is 5.16 Å². The Labute approximate surface area is 94.7 Å². The van der Waals surface area contributed by atoms with Crippen molar-refractivity contribution in [3.63, 3.8) is 0 Å². The van der Waals surface area contributed by atoms with E-state index < -0.39 is 15.6 Å². The van der Waals surface area contributed by atoms with Crippen LogP contribution in [0.4, 0.5) is 0 Å². The molecule has 0 bridgehead atoms. The summed E-state index contributed by atoms with van der Waals surface area (Å²) in [5.74, 6) is 0.510. The maximum Gasteiger partial charge on any atom is 0.273 e. The molecule has 1 aromatic rings. The summed E-state index contributed by atoms with van der Waals surface area (Å²) in [6.07, 6.45) is 0.447. The summed E-state index contributed by atoms with van der Waals surface area (Å²) in [7, 11) is -0.690. The fraction of sp³-hybridized carbons (Fsp3) is 0.750. The van der Waals surface area contributed by atoms with Gasteiger partial charge in [-0.25, -0.2) is 13.6 Å². The van der Waals surface area contributed by atoms with Gasteiger partial charge in [0, 0.05) is 20.6 Å². The van der Waals surface area contributed by atoms with Crippen LogP contribution in [0.25, 0.3) is 0 Å². The van der Waals surface area contributed by atoms with E-state index in [1.54, 1.807) is 14.2 Å². The van der Waals surface area contributed by atoms with Crippen LogP contribution in [0.1, 0.15) is 19.7 Å². The van der Waals surface area contributed by atoms with Gasteiger partial charge in [0.15, 0.2) is 0 Å². The van der Waals surface area contributed by atoms with E-state index in [0.29, 0.717) is 12.2 Å². The second-order valence-corrected chi connectivity index (χ2v) is 5.60. The summed E-state index contributed by atoms with van der Waals surface area (Å²) in [6.45, 7) is 3.75. The Balaban J connectivity index is 3.07. The van der Waals surface area contributed by atoms with E-state index >= 15 is 0 Å². The van der Waals surface area contributed by atoms with Crippen molar-refractivity contribution in [3.8, 4) is 0 Å². The molecule has 0 spiro atoms. The molecule has 0 amide bonds. The molecule has 0 radical (unpaired) electrons. The van der Waals surface area contributed by atoms with Crippen molar-refractivity contribution in [2.75, 3.05) is 7.11 Å². The number of methoxy groups -OCH3 is 1. The van der Waals surface area contributed by atoms with E-state index in [4.69, 9.17) is 9.88 Å². The number of rotatable bonds is 4. The van der Waals surface area contributed by atoms with Gasteiger partial charge in [-0.15, -0.1) is 10.2 Å². The van der Waals surface area contributed by atoms with Gasteiger partial charge < -0.3 is 9.30 Å². The molecular formula is C8H16N4O3S. The zero-order valence-electron chi connectivity index (χ0n) is 9.76. The predicted octanol–water partition coefficient (Wildman–Crippen LogP) is -0.570. The number of nitrogens with two attached hydrogens (primary N) is 1. The lowest BCUT2D eigenvalue weighted by Crippen LogP contribution is -2.27. The lowest BCUT2D eigenvalue weighted by Gasteiger charge is -2.21. The number of primary sulfonamides is 1. The zero-order chi connectivity index (χ0) is 12.6. The molecule has 0 aliphatic heterocycles. The molecule has 0 aromatic carbocycles. The van der Waals surface area contributed by atoms with Crippen LogP contribution in [-0.2, 0) is 28.2 Å². The standard InChI is InChI=1S/C8H16N4O3S/c1-8(2,15-4)5-6-10-11-7(12(6)3)16(9,13)14/h5H2,1-4H3,(H2,9,13,14). The summed E-state index contributed by atoms with van der Waals surface area (Å²) in [5.41, 5.74) is -0.434. The molecule has 0 aliphatic rings. The van der Waals surface area contributed by atoms with Crippen LogP contribution in [0.3, 0.4) is 0 Å². The molecule has 0 fully saturated rings. The first-order valence-corrected chi connectivity index (χ1v) is 6.18. The maximum absolute atomic E-state index is 11.1. The minimum atomic E-state index is -3.83. The monoisotopic (exact) mass is 248 g/mol. The fourth-order valence-corrected chi connectivity index (χ4v) is 1.84. The van der Waals surface area contributed by atoms with Crippen LogP contribution >= 0.6 is 0 Å². The maximum atomic E-state index is 11.1. The third-order valence-electron chi connectivity index (χ3n) is 2.32. The van der Waals surface area contributed by atoms with E-state index in [1.165, 1.54) is 4.57 Å². The summed E-state index contributed by atoms with van der Waals surface area (Å²) in [4.78, 5) is 0. The Morgan fingerprint density at radius 3 is 2.38 bits per heavy atom. The first kappa shape index (κ1) is 13.1. The van der Waals surface area contributed by atoms with E-state index in [9.17, 15) is 8.42 Å². The Bertz CT molecular complexity index is 477. The van der Waals surface area contributed by atoms with Crippen molar-refractivity contribution >= 4 is 10.0 Å². The van der Waals surface area contributed by atoms with Crippen LogP contribution in [0, 0.1) is 0 Å². The van der Waals surface area contributed by atoms with Gasteiger partial charge in [0.1, 0.15) is 5.82 Å². The molecule has 0 saturated heterocycles. The molecule has 92 valence electrons. The minimum absolute atomic E-state index is 0.241. The summed E-state index contributed by atoms with van der Waals surface area (Å²) in [5, 5.41) is 12.1. The molecule has 0 aliphatic carbocycles. The second kappa shape index (κ2) is 4.11. The van der Waals surface area contributed by atoms with Crippen molar-refractivity contribution in [2.24, 2.45) is 12.2 Å². The molecule has 0 atom stereocenters. The highest BCUT2D eigenvalue weighted by Crippen LogP contribution is 2.15. The van der Waals surface area contributed by atoms with Gasteiger partial charge in [-0.3, -0.25) is 0 Å². The number of sulfonamides is 1. The van der Waals surface area contributed by atoms with Crippen LogP contribution in [0.5, 0.6) is 0 Å². The summed E-state index contributed by atoms with van der Waals surface area (Å²) < 4.78 is 28.8. The zero-order valence-corrected chi connectivity index (χ0v) is 10.6. The van der Waals surface area contributed by atoms with Crippen molar-refractivity contribution in [2.45, 2.75) is 31.0 Å². The molecule has 2 N–H and O–H groups in total. The van der Waals surface area contributed by atoms with Gasteiger partial charge in [-0.05, 0) is 13.8 Å². The molecule has 16 heavy (non-hydrogen) atoms. The first-order valence-electron chi connectivity index (χ1n) is 4.63. The average molecular weight is 248 g/mol. The SMILES string of the molecule is COC(C)(C)Cc1nnc(S(N)(=O)=O)n1C. The van der Waals surface area contributed by atoms with Gasteiger partial charge in [0.25, 0.3) is 15.2 Å². The largest absolute Gasteiger partial charge is 0.378 e. The second-order valence-electron chi connectivity index (χ2n) is 4.14. The molecule has 0 unspecified atom stereocenters. The lowest BCUT2D eigenvalue weighted by atomic mass is 10.1. The summed E-state index contributed by atoms with van der Waals surface area (Å²) in [6, 6.07) is 0. The third-order valence-corrected chi connectivity index (χ3v) is 3.18. The smallest absolute Gasteiger partial charge is 0.273 e. The number of aromatic nitrogens is 3. The number of hydrogen-bond donors (Lipinski definition) is 1. The minimum Gasteiger partial charge on any atom is -0.378 e. The average Bonchev–Trinajstić information content (AvgIpc) is 2.47. The van der Waals surface area contributed by atoms with Crippen molar-refractivity contribution < 1.29 is 13.2 Å². The van der Waals surface area contributed by atoms with Crippen LogP contribution in [0.2, 0.25) is 0 Å². The predicted molar refractivity (Wildman–Crippen MR) is 57.2 cm³/mol. The van der Waals surface area contributed by atoms with Crippen LogP contribution in [0.15, 0.2) is 5.16 Å². The highest BCUT2D eigenvalue weighted by atomic mass is 32.2. The fourth-order valence-electron chi connectivity index (χ4n) is 1.20. The number of hydrogen-bond acceptors (Lipinski definition) is 5. The van der Waals surface area contributed by atoms with Gasteiger partial charge >= 0.3 is 0 Å². The topological polar surface area (TPSA) is 100 Å². The highest BCUT2D eigenvalue weighted by Gasteiger charge is 2.24. The molecule has 1 aromatic heterocycles. The van der Waals surface area contributed by atoms with E-state index in [1.807, 2.05) is 13.8 Å². The van der Waals surface area contributed by atoms with Crippen LogP contribution < -0.4 is 5.14 Å². The molecule has 0 saturated carbocycles. The van der Waals surface area contributed by atoms with Gasteiger partial charge in [0.05, 0.1) is 5.60 Å².